The van der Waals surface area contributed by atoms with Gasteiger partial charge in [-0.3, -0.25) is 14.9 Å². The van der Waals surface area contributed by atoms with E-state index in [4.69, 9.17) is 0 Å². The van der Waals surface area contributed by atoms with Gasteiger partial charge in [0.05, 0.1) is 4.92 Å². The largest absolute Gasteiger partial charge is 0.365 e. The Labute approximate surface area is 138 Å². The Balaban J connectivity index is 1.98. The Bertz CT molecular complexity index is 817. The molecule has 0 spiro atoms. The number of carbonyl (C=O) groups excluding carboxylic acids is 1. The topological polar surface area (TPSA) is 96.0 Å². The summed E-state index contributed by atoms with van der Waals surface area (Å²) in [5.41, 5.74) is -0.375. The molecule has 2 aromatic rings. The summed E-state index contributed by atoms with van der Waals surface area (Å²) in [4.78, 5) is 23.0. The van der Waals surface area contributed by atoms with Crippen molar-refractivity contribution in [3.8, 4) is 0 Å². The number of benzene rings is 2. The Kier molecular flexibility index (Phi) is 3.86. The van der Waals surface area contributed by atoms with Crippen LogP contribution in [0.25, 0.3) is 0 Å². The van der Waals surface area contributed by atoms with Crippen LogP contribution in [0.4, 0.5) is 5.69 Å². The van der Waals surface area contributed by atoms with Crippen LogP contribution in [0, 0.1) is 10.1 Å². The van der Waals surface area contributed by atoms with Crippen LogP contribution in [0.5, 0.6) is 0 Å². The second kappa shape index (κ2) is 5.86. The molecule has 1 aliphatic heterocycles. The normalized spacial score (nSPS) is 19.9. The number of non-ortho nitro benzene ring substituents is 1. The van der Waals surface area contributed by atoms with E-state index in [1.165, 1.54) is 24.3 Å². The average Bonchev–Trinajstić information content (AvgIpc) is 2.91. The van der Waals surface area contributed by atoms with Gasteiger partial charge in [0.25, 0.3) is 11.6 Å². The van der Waals surface area contributed by atoms with E-state index in [2.05, 4.69) is 5.10 Å². The van der Waals surface area contributed by atoms with Crippen molar-refractivity contribution in [2.45, 2.75) is 19.1 Å². The van der Waals surface area contributed by atoms with E-state index in [1.807, 2.05) is 0 Å². The molecule has 0 aromatic heterocycles. The van der Waals surface area contributed by atoms with E-state index >= 15 is 0 Å². The minimum Gasteiger partial charge on any atom is -0.365 e. The summed E-state index contributed by atoms with van der Waals surface area (Å²) in [6.45, 7) is 1.72. The maximum absolute atomic E-state index is 12.7. The summed E-state index contributed by atoms with van der Waals surface area (Å²) in [6, 6.07) is 14.0. The molecule has 122 valence electrons. The molecule has 1 N–H and O–H groups in total. The zero-order valence-electron chi connectivity index (χ0n) is 12.9. The number of hydrogen-bond donors (Lipinski definition) is 1. The van der Waals surface area contributed by atoms with Crippen LogP contribution in [0.3, 0.4) is 0 Å². The number of aliphatic hydroxyl groups is 1. The predicted octanol–water partition coefficient (Wildman–Crippen LogP) is 2.66. The third-order valence-corrected chi connectivity index (χ3v) is 3.88. The number of hydrogen-bond acceptors (Lipinski definition) is 5. The zero-order valence-corrected chi connectivity index (χ0v) is 12.9. The minimum absolute atomic E-state index is 0.0843. The lowest BCUT2D eigenvalue weighted by Crippen LogP contribution is -2.43. The summed E-state index contributed by atoms with van der Waals surface area (Å²) in [5.74, 6) is -0.437. The molecule has 3 rings (SSSR count). The third-order valence-electron chi connectivity index (χ3n) is 3.88. The number of hydrazone groups is 1. The number of carbonyl (C=O) groups is 1. The van der Waals surface area contributed by atoms with Crippen LogP contribution in [-0.4, -0.2) is 26.7 Å². The third kappa shape index (κ3) is 2.65. The zero-order chi connectivity index (χ0) is 17.3. The first-order valence-corrected chi connectivity index (χ1v) is 7.33. The molecule has 7 heteroatoms. The predicted molar refractivity (Wildman–Crippen MR) is 87.3 cm³/mol. The molecule has 0 saturated carbocycles. The van der Waals surface area contributed by atoms with E-state index in [0.717, 1.165) is 5.01 Å². The van der Waals surface area contributed by atoms with Crippen molar-refractivity contribution in [1.82, 2.24) is 5.01 Å². The average molecular weight is 325 g/mol. The van der Waals surface area contributed by atoms with E-state index in [0.29, 0.717) is 16.8 Å². The molecule has 1 heterocycles. The standard InChI is InChI=1S/C17H15N3O4/c1-12-11-17(22,14-7-9-15(10-8-14)20(23)24)19(18-12)16(21)13-5-3-2-4-6-13/h2-10,22H,11H2,1H3/t17-/m1/s1. The van der Waals surface area contributed by atoms with Crippen molar-refractivity contribution < 1.29 is 14.8 Å². The lowest BCUT2D eigenvalue weighted by Gasteiger charge is -2.31. The number of nitro groups is 1. The van der Waals surface area contributed by atoms with Crippen molar-refractivity contribution in [2.24, 2.45) is 5.10 Å². The molecular weight excluding hydrogens is 310 g/mol. The van der Waals surface area contributed by atoms with E-state index in [-0.39, 0.29) is 12.1 Å². The highest BCUT2D eigenvalue weighted by molar-refractivity contribution is 5.97. The SMILES string of the molecule is CC1=NN(C(=O)c2ccccc2)[C@](O)(c2ccc([N+](=O)[O-])cc2)C1. The Morgan fingerprint density at radius 1 is 1.21 bits per heavy atom. The lowest BCUT2D eigenvalue weighted by molar-refractivity contribution is -0.384. The van der Waals surface area contributed by atoms with Crippen LogP contribution in [0.2, 0.25) is 0 Å². The number of amides is 1. The van der Waals surface area contributed by atoms with Crippen molar-refractivity contribution >= 4 is 17.3 Å². The Hall–Kier alpha value is -3.06. The molecule has 0 unspecified atom stereocenters. The molecule has 0 saturated heterocycles. The van der Waals surface area contributed by atoms with Gasteiger partial charge in [0.1, 0.15) is 0 Å². The fraction of sp³-hybridized carbons (Fsp3) is 0.176. The Morgan fingerprint density at radius 2 is 1.83 bits per heavy atom. The molecule has 1 atom stereocenters. The summed E-state index contributed by atoms with van der Waals surface area (Å²) in [5, 5.41) is 27.1. The van der Waals surface area contributed by atoms with Gasteiger partial charge in [-0.05, 0) is 31.2 Å². The molecule has 0 aliphatic carbocycles. The molecule has 7 nitrogen and oxygen atoms in total. The molecule has 1 amide bonds. The number of nitrogens with zero attached hydrogens (tertiary/aromatic N) is 3. The highest BCUT2D eigenvalue weighted by atomic mass is 16.6. The lowest BCUT2D eigenvalue weighted by atomic mass is 9.97. The summed E-state index contributed by atoms with van der Waals surface area (Å²) in [7, 11) is 0. The van der Waals surface area contributed by atoms with Gasteiger partial charge in [0, 0.05) is 35.4 Å². The van der Waals surface area contributed by atoms with Gasteiger partial charge in [-0.1, -0.05) is 18.2 Å². The molecule has 2 aromatic carbocycles. The number of rotatable bonds is 3. The van der Waals surface area contributed by atoms with Crippen LogP contribution >= 0.6 is 0 Å². The first-order valence-electron chi connectivity index (χ1n) is 7.33. The Morgan fingerprint density at radius 3 is 2.42 bits per heavy atom. The molecule has 1 aliphatic rings. The van der Waals surface area contributed by atoms with Gasteiger partial charge in [0.15, 0.2) is 5.72 Å². The maximum atomic E-state index is 12.7. The highest BCUT2D eigenvalue weighted by Crippen LogP contribution is 2.36. The van der Waals surface area contributed by atoms with E-state index in [1.54, 1.807) is 37.3 Å². The maximum Gasteiger partial charge on any atom is 0.276 e. The van der Waals surface area contributed by atoms with Crippen molar-refractivity contribution in [3.05, 3.63) is 75.8 Å². The monoisotopic (exact) mass is 325 g/mol. The molecule has 0 radical (unpaired) electrons. The second-order valence-corrected chi connectivity index (χ2v) is 5.62. The fourth-order valence-electron chi connectivity index (χ4n) is 2.71. The molecule has 24 heavy (non-hydrogen) atoms. The van der Waals surface area contributed by atoms with Crippen molar-refractivity contribution in [1.29, 1.82) is 0 Å². The summed E-state index contributed by atoms with van der Waals surface area (Å²) >= 11 is 0. The van der Waals surface area contributed by atoms with E-state index in [9.17, 15) is 20.0 Å². The molecule has 0 bridgehead atoms. The molecular formula is C17H15N3O4. The fourth-order valence-corrected chi connectivity index (χ4v) is 2.71. The van der Waals surface area contributed by atoms with Gasteiger partial charge >= 0.3 is 0 Å². The van der Waals surface area contributed by atoms with Crippen molar-refractivity contribution in [2.75, 3.05) is 0 Å². The van der Waals surface area contributed by atoms with Gasteiger partial charge in [-0.25, -0.2) is 0 Å². The quantitative estimate of drug-likeness (QED) is 0.693. The first kappa shape index (κ1) is 15.8. The van der Waals surface area contributed by atoms with Crippen LogP contribution < -0.4 is 0 Å². The molecule has 0 fully saturated rings. The van der Waals surface area contributed by atoms with Gasteiger partial charge in [-0.2, -0.15) is 10.1 Å². The van der Waals surface area contributed by atoms with Gasteiger partial charge < -0.3 is 5.11 Å². The summed E-state index contributed by atoms with van der Waals surface area (Å²) in [6.07, 6.45) is 0.142. The summed E-state index contributed by atoms with van der Waals surface area (Å²) < 4.78 is 0. The highest BCUT2D eigenvalue weighted by Gasteiger charge is 2.45. The van der Waals surface area contributed by atoms with Crippen LogP contribution in [0.15, 0.2) is 59.7 Å². The first-order chi connectivity index (χ1) is 11.4. The smallest absolute Gasteiger partial charge is 0.276 e. The number of nitro benzene ring substituents is 1. The minimum atomic E-state index is -1.66. The van der Waals surface area contributed by atoms with Gasteiger partial charge in [-0.15, -0.1) is 0 Å². The van der Waals surface area contributed by atoms with Crippen LogP contribution in [-0.2, 0) is 5.72 Å². The van der Waals surface area contributed by atoms with Crippen molar-refractivity contribution in [3.63, 3.8) is 0 Å². The second-order valence-electron chi connectivity index (χ2n) is 5.62. The van der Waals surface area contributed by atoms with E-state index < -0.39 is 16.6 Å². The van der Waals surface area contributed by atoms with Crippen LogP contribution in [0.1, 0.15) is 29.3 Å². The van der Waals surface area contributed by atoms with Gasteiger partial charge in [0.2, 0.25) is 0 Å².